The Morgan fingerprint density at radius 2 is 1.74 bits per heavy atom. The number of pyridine rings is 1. The van der Waals surface area contributed by atoms with Crippen molar-refractivity contribution in [2.45, 2.75) is 32.7 Å². The van der Waals surface area contributed by atoms with Gasteiger partial charge in [0.2, 0.25) is 10.0 Å². The molecule has 9 nitrogen and oxygen atoms in total. The lowest BCUT2D eigenvalue weighted by Crippen LogP contribution is -2.66. The van der Waals surface area contributed by atoms with Gasteiger partial charge in [-0.05, 0) is 62.6 Å². The van der Waals surface area contributed by atoms with Crippen LogP contribution in [-0.4, -0.2) is 57.4 Å². The molecule has 4 aromatic rings. The van der Waals surface area contributed by atoms with Crippen molar-refractivity contribution in [3.8, 4) is 22.4 Å². The van der Waals surface area contributed by atoms with Crippen molar-refractivity contribution >= 4 is 38.3 Å². The van der Waals surface area contributed by atoms with E-state index in [1.807, 2.05) is 49.6 Å². The smallest absolute Gasteiger partial charge is 0.256 e. The Labute approximate surface area is 225 Å². The lowest BCUT2D eigenvalue weighted by molar-refractivity contribution is -0.132. The first-order valence-electron chi connectivity index (χ1n) is 12.0. The van der Waals surface area contributed by atoms with Gasteiger partial charge in [0.1, 0.15) is 5.54 Å². The maximum atomic E-state index is 13.2. The lowest BCUT2D eigenvalue weighted by Gasteiger charge is -2.48. The van der Waals surface area contributed by atoms with Crippen LogP contribution in [0.1, 0.15) is 35.1 Å². The number of nitrogens with zero attached hydrogens (tertiary/aromatic N) is 4. The zero-order valence-corrected chi connectivity index (χ0v) is 23.1. The van der Waals surface area contributed by atoms with Gasteiger partial charge < -0.3 is 4.90 Å². The van der Waals surface area contributed by atoms with E-state index in [1.54, 1.807) is 6.92 Å². The molecule has 196 valence electrons. The molecule has 1 N–H and O–H groups in total. The topological polar surface area (TPSA) is 114 Å². The number of nitrogens with one attached hydrogen (secondary N) is 1. The highest BCUT2D eigenvalue weighted by Crippen LogP contribution is 2.35. The number of hydrogen-bond acceptors (Lipinski definition) is 7. The second-order valence-corrected chi connectivity index (χ2v) is 12.4. The van der Waals surface area contributed by atoms with Crippen LogP contribution in [0.3, 0.4) is 0 Å². The normalized spacial score (nSPS) is 17.2. The third-order valence-corrected chi connectivity index (χ3v) is 8.50. The maximum absolute atomic E-state index is 13.2. The molecule has 1 aliphatic heterocycles. The molecule has 1 aliphatic rings. The summed E-state index contributed by atoms with van der Waals surface area (Å²) in [4.78, 5) is 36.8. The molecule has 0 radical (unpaired) electrons. The molecule has 1 fully saturated rings. The molecule has 4 heterocycles. The number of anilines is 1. The highest BCUT2D eigenvalue weighted by molar-refractivity contribution is 7.89. The van der Waals surface area contributed by atoms with Crippen LogP contribution >= 0.6 is 11.3 Å². The number of rotatable bonds is 6. The van der Waals surface area contributed by atoms with Crippen LogP contribution in [0.5, 0.6) is 0 Å². The molecule has 1 saturated heterocycles. The molecule has 5 rings (SSSR count). The zero-order chi connectivity index (χ0) is 27.2. The van der Waals surface area contributed by atoms with E-state index in [2.05, 4.69) is 21.4 Å². The van der Waals surface area contributed by atoms with Gasteiger partial charge in [-0.25, -0.2) is 13.4 Å². The van der Waals surface area contributed by atoms with Crippen LogP contribution in [0.2, 0.25) is 0 Å². The van der Waals surface area contributed by atoms with Gasteiger partial charge in [-0.15, -0.1) is 11.3 Å². The van der Waals surface area contributed by atoms with Gasteiger partial charge in [0, 0.05) is 41.3 Å². The van der Waals surface area contributed by atoms with E-state index in [0.717, 1.165) is 44.0 Å². The number of likely N-dealkylation sites (tertiary alicyclic amines) is 1. The average Bonchev–Trinajstić information content (AvgIpc) is 3.52. The van der Waals surface area contributed by atoms with Crippen molar-refractivity contribution < 1.29 is 18.0 Å². The molecule has 11 heteroatoms. The number of aromatic nitrogens is 3. The Morgan fingerprint density at radius 3 is 2.37 bits per heavy atom. The summed E-state index contributed by atoms with van der Waals surface area (Å²) in [5.41, 5.74) is 4.85. The van der Waals surface area contributed by atoms with Crippen LogP contribution in [0.15, 0.2) is 60.2 Å². The van der Waals surface area contributed by atoms with Crippen LogP contribution in [0.4, 0.5) is 5.13 Å². The van der Waals surface area contributed by atoms with Crippen molar-refractivity contribution in [2.24, 2.45) is 0 Å². The summed E-state index contributed by atoms with van der Waals surface area (Å²) in [6.07, 6.45) is 4.14. The molecule has 0 unspecified atom stereocenters. The molecular weight excluding hydrogens is 522 g/mol. The first-order valence-corrected chi connectivity index (χ1v) is 14.7. The fraction of sp³-hybridized carbons (Fsp3) is 0.259. The highest BCUT2D eigenvalue weighted by atomic mass is 32.2. The summed E-state index contributed by atoms with van der Waals surface area (Å²) >= 11 is 1.32. The second kappa shape index (κ2) is 9.48. The number of carbonyl (C=O) groups excluding carboxylic acids is 2. The molecule has 0 aliphatic carbocycles. The van der Waals surface area contributed by atoms with Gasteiger partial charge in [0.05, 0.1) is 17.5 Å². The summed E-state index contributed by atoms with van der Waals surface area (Å²) in [6.45, 7) is 6.04. The Morgan fingerprint density at radius 1 is 1.03 bits per heavy atom. The number of benzene rings is 1. The summed E-state index contributed by atoms with van der Waals surface area (Å²) in [6, 6.07) is 13.6. The monoisotopic (exact) mass is 549 g/mol. The number of carbonyl (C=O) groups is 2. The average molecular weight is 550 g/mol. The van der Waals surface area contributed by atoms with Gasteiger partial charge in [0.25, 0.3) is 11.8 Å². The number of aryl methyl sites for hydroxylation is 2. The van der Waals surface area contributed by atoms with Crippen LogP contribution in [0.25, 0.3) is 22.4 Å². The number of hydrogen-bond donors (Lipinski definition) is 1. The van der Waals surface area contributed by atoms with Gasteiger partial charge in [0.15, 0.2) is 5.13 Å². The molecule has 2 amide bonds. The quantitative estimate of drug-likeness (QED) is 0.383. The first-order chi connectivity index (χ1) is 17.9. The molecule has 1 atom stereocenters. The summed E-state index contributed by atoms with van der Waals surface area (Å²) < 4.78 is 24.5. The van der Waals surface area contributed by atoms with Gasteiger partial charge in [-0.3, -0.25) is 23.9 Å². The maximum Gasteiger partial charge on any atom is 0.256 e. The van der Waals surface area contributed by atoms with Crippen LogP contribution in [0, 0.1) is 13.8 Å². The van der Waals surface area contributed by atoms with E-state index in [4.69, 9.17) is 0 Å². The minimum absolute atomic E-state index is 0.213. The van der Waals surface area contributed by atoms with Gasteiger partial charge in [-0.1, -0.05) is 18.2 Å². The lowest BCUT2D eigenvalue weighted by atomic mass is 9.85. The van der Waals surface area contributed by atoms with Gasteiger partial charge in [-0.2, -0.15) is 0 Å². The summed E-state index contributed by atoms with van der Waals surface area (Å²) in [5, 5.41) is 5.19. The minimum atomic E-state index is -3.50. The molecular formula is C27H27N5O4S2. The van der Waals surface area contributed by atoms with Crippen molar-refractivity contribution in [3.05, 3.63) is 77.2 Å². The minimum Gasteiger partial charge on any atom is -0.324 e. The summed E-state index contributed by atoms with van der Waals surface area (Å²) in [7, 11) is -3.50. The SMILES string of the molecule is Cc1cc(-c2cccc(-c3csc(NC(=O)[C@]4(C)CCN4C(=O)c4ccn(S(C)(=O)=O)c4)n3)c2)cc(C)n1. The van der Waals surface area contributed by atoms with Gasteiger partial charge >= 0.3 is 0 Å². The van der Waals surface area contributed by atoms with Crippen molar-refractivity contribution in [3.63, 3.8) is 0 Å². The molecule has 0 spiro atoms. The van der Waals surface area contributed by atoms with Crippen molar-refractivity contribution in [1.29, 1.82) is 0 Å². The van der Waals surface area contributed by atoms with Crippen LogP contribution in [-0.2, 0) is 14.8 Å². The fourth-order valence-electron chi connectivity index (χ4n) is 4.54. The van der Waals surface area contributed by atoms with Crippen molar-refractivity contribution in [2.75, 3.05) is 18.1 Å². The Balaban J connectivity index is 1.31. The molecule has 3 aromatic heterocycles. The van der Waals surface area contributed by atoms with E-state index < -0.39 is 21.5 Å². The highest BCUT2D eigenvalue weighted by Gasteiger charge is 2.50. The van der Waals surface area contributed by atoms with E-state index in [9.17, 15) is 18.0 Å². The number of amides is 2. The first kappa shape index (κ1) is 25.8. The van der Waals surface area contributed by atoms with E-state index in [1.165, 1.54) is 34.7 Å². The Bertz CT molecular complexity index is 1650. The zero-order valence-electron chi connectivity index (χ0n) is 21.4. The van der Waals surface area contributed by atoms with Crippen molar-refractivity contribution in [1.82, 2.24) is 18.8 Å². The standard InChI is InChI=1S/C27H27N5O4S2/c1-17-12-22(13-18(2)28-17)19-6-5-7-20(14-19)23-16-37-26(29-23)30-25(34)27(3)9-11-32(27)24(33)21-8-10-31(15-21)38(4,35)36/h5-8,10,12-16H,9,11H2,1-4H3,(H,29,30,34)/t27-/m0/s1. The molecule has 38 heavy (non-hydrogen) atoms. The predicted molar refractivity (Wildman–Crippen MR) is 148 cm³/mol. The Kier molecular flexibility index (Phi) is 6.44. The molecule has 0 saturated carbocycles. The third-order valence-electron chi connectivity index (χ3n) is 6.75. The van der Waals surface area contributed by atoms with E-state index in [-0.39, 0.29) is 11.5 Å². The molecule has 0 bridgehead atoms. The van der Waals surface area contributed by atoms with Crippen LogP contribution < -0.4 is 5.32 Å². The molecule has 1 aromatic carbocycles. The van der Waals surface area contributed by atoms with E-state index >= 15 is 0 Å². The third kappa shape index (κ3) is 4.86. The second-order valence-electron chi connectivity index (χ2n) is 9.69. The fourth-order valence-corrected chi connectivity index (χ4v) is 5.84. The Hall–Kier alpha value is -3.83. The van der Waals surface area contributed by atoms with E-state index in [0.29, 0.717) is 18.1 Å². The summed E-state index contributed by atoms with van der Waals surface area (Å²) in [5.74, 6) is -0.730. The number of thiazole rings is 1. The predicted octanol–water partition coefficient (Wildman–Crippen LogP) is 4.34. The largest absolute Gasteiger partial charge is 0.324 e.